The summed E-state index contributed by atoms with van der Waals surface area (Å²) in [5, 5.41) is 0. The van der Waals surface area contributed by atoms with Crippen LogP contribution in [-0.2, 0) is 13.2 Å². The van der Waals surface area contributed by atoms with Crippen molar-refractivity contribution in [3.05, 3.63) is 120 Å². The van der Waals surface area contributed by atoms with Crippen molar-refractivity contribution in [3.8, 4) is 11.5 Å². The molecule has 0 saturated heterocycles. The first-order chi connectivity index (χ1) is 14.8. The Morgan fingerprint density at radius 2 is 1.17 bits per heavy atom. The van der Waals surface area contributed by atoms with E-state index in [9.17, 15) is 0 Å². The Bertz CT molecular complexity index is 1070. The molecule has 0 aliphatic heterocycles. The topological polar surface area (TPSA) is 18.5 Å². The maximum absolute atomic E-state index is 15.1. The molecule has 30 heavy (non-hydrogen) atoms. The Balaban J connectivity index is 1.58. The van der Waals surface area contributed by atoms with Gasteiger partial charge in [-0.25, -0.2) is 4.39 Å². The van der Waals surface area contributed by atoms with Crippen LogP contribution in [0.3, 0.4) is 0 Å². The fourth-order valence-corrected chi connectivity index (χ4v) is 3.82. The Morgan fingerprint density at radius 1 is 0.633 bits per heavy atom. The lowest BCUT2D eigenvalue weighted by Crippen LogP contribution is -2.00. The number of benzene rings is 4. The van der Waals surface area contributed by atoms with Crippen LogP contribution in [0.25, 0.3) is 0 Å². The van der Waals surface area contributed by atoms with Crippen LogP contribution in [0, 0.1) is 5.82 Å². The SMILES string of the molecule is Fc1cc(OCc2ccccc2)cc(OCc2ccccc2)c1Sc1ccccc1. The first-order valence-corrected chi connectivity index (χ1v) is 10.5. The Kier molecular flexibility index (Phi) is 6.68. The third-order valence-electron chi connectivity index (χ3n) is 4.43. The van der Waals surface area contributed by atoms with Gasteiger partial charge in [0.25, 0.3) is 0 Å². The summed E-state index contributed by atoms with van der Waals surface area (Å²) in [5.41, 5.74) is 2.04. The van der Waals surface area contributed by atoms with E-state index in [1.54, 1.807) is 6.07 Å². The standard InChI is InChI=1S/C26H21FO2S/c27-24-16-22(28-18-20-10-4-1-5-11-20)17-25(29-19-21-12-6-2-7-13-21)26(24)30-23-14-8-3-9-15-23/h1-17H,18-19H2. The first-order valence-electron chi connectivity index (χ1n) is 9.68. The van der Waals surface area contributed by atoms with Gasteiger partial charge >= 0.3 is 0 Å². The molecular weight excluding hydrogens is 395 g/mol. The van der Waals surface area contributed by atoms with Gasteiger partial charge in [0.15, 0.2) is 0 Å². The van der Waals surface area contributed by atoms with Crippen LogP contribution < -0.4 is 9.47 Å². The van der Waals surface area contributed by atoms with E-state index in [0.29, 0.717) is 29.6 Å². The molecule has 4 aromatic carbocycles. The third kappa shape index (κ3) is 5.43. The maximum Gasteiger partial charge on any atom is 0.144 e. The largest absolute Gasteiger partial charge is 0.489 e. The van der Waals surface area contributed by atoms with Crippen LogP contribution in [0.1, 0.15) is 11.1 Å². The average molecular weight is 417 g/mol. The van der Waals surface area contributed by atoms with Gasteiger partial charge in [-0.05, 0) is 23.3 Å². The molecule has 0 spiro atoms. The molecule has 0 aliphatic rings. The molecule has 0 aliphatic carbocycles. The van der Waals surface area contributed by atoms with Gasteiger partial charge in [-0.1, -0.05) is 90.6 Å². The summed E-state index contributed by atoms with van der Waals surface area (Å²) in [6.07, 6.45) is 0. The van der Waals surface area contributed by atoms with Gasteiger partial charge in [-0.2, -0.15) is 0 Å². The van der Waals surface area contributed by atoms with Crippen LogP contribution in [0.2, 0.25) is 0 Å². The van der Waals surface area contributed by atoms with E-state index in [1.165, 1.54) is 17.8 Å². The van der Waals surface area contributed by atoms with E-state index in [0.717, 1.165) is 16.0 Å². The molecule has 150 valence electrons. The number of halogens is 1. The highest BCUT2D eigenvalue weighted by Crippen LogP contribution is 2.40. The molecule has 0 unspecified atom stereocenters. The Labute approximate surface area is 180 Å². The van der Waals surface area contributed by atoms with Crippen LogP contribution >= 0.6 is 11.8 Å². The Hall–Kier alpha value is -3.24. The van der Waals surface area contributed by atoms with Gasteiger partial charge in [0, 0.05) is 17.0 Å². The summed E-state index contributed by atoms with van der Waals surface area (Å²) >= 11 is 1.34. The predicted octanol–water partition coefficient (Wildman–Crippen LogP) is 7.13. The minimum Gasteiger partial charge on any atom is -0.489 e. The molecule has 2 nitrogen and oxygen atoms in total. The molecule has 0 fully saturated rings. The molecule has 0 aromatic heterocycles. The number of ether oxygens (including phenoxy) is 2. The molecule has 0 atom stereocenters. The molecule has 0 saturated carbocycles. The van der Waals surface area contributed by atoms with Gasteiger partial charge in [0.05, 0.1) is 4.90 Å². The summed E-state index contributed by atoms with van der Waals surface area (Å²) in [6.45, 7) is 0.717. The third-order valence-corrected chi connectivity index (χ3v) is 5.54. The van der Waals surface area contributed by atoms with Gasteiger partial charge in [-0.15, -0.1) is 0 Å². The molecular formula is C26H21FO2S. The first kappa shape index (κ1) is 20.0. The highest BCUT2D eigenvalue weighted by Gasteiger charge is 2.15. The summed E-state index contributed by atoms with van der Waals surface area (Å²) in [6, 6.07) is 32.5. The van der Waals surface area contributed by atoms with Crippen molar-refractivity contribution in [1.82, 2.24) is 0 Å². The lowest BCUT2D eigenvalue weighted by Gasteiger charge is -2.15. The zero-order chi connectivity index (χ0) is 20.6. The molecule has 0 N–H and O–H groups in total. The zero-order valence-corrected chi connectivity index (χ0v) is 17.1. The highest BCUT2D eigenvalue weighted by atomic mass is 32.2. The molecule has 4 aromatic rings. The molecule has 0 heterocycles. The van der Waals surface area contributed by atoms with Crippen molar-refractivity contribution in [1.29, 1.82) is 0 Å². The molecule has 0 amide bonds. The fourth-order valence-electron chi connectivity index (χ4n) is 2.92. The molecule has 0 bridgehead atoms. The highest BCUT2D eigenvalue weighted by molar-refractivity contribution is 7.99. The lowest BCUT2D eigenvalue weighted by molar-refractivity contribution is 0.280. The second-order valence-corrected chi connectivity index (χ2v) is 7.78. The van der Waals surface area contributed by atoms with E-state index >= 15 is 4.39 Å². The van der Waals surface area contributed by atoms with Crippen LogP contribution in [-0.4, -0.2) is 0 Å². The second kappa shape index (κ2) is 9.99. The lowest BCUT2D eigenvalue weighted by atomic mass is 10.2. The Morgan fingerprint density at radius 3 is 1.77 bits per heavy atom. The minimum atomic E-state index is -0.363. The van der Waals surface area contributed by atoms with Crippen molar-refractivity contribution >= 4 is 11.8 Å². The monoisotopic (exact) mass is 416 g/mol. The van der Waals surface area contributed by atoms with E-state index in [1.807, 2.05) is 91.0 Å². The van der Waals surface area contributed by atoms with E-state index < -0.39 is 0 Å². The number of hydrogen-bond donors (Lipinski definition) is 0. The summed E-state index contributed by atoms with van der Waals surface area (Å²) in [7, 11) is 0. The number of hydrogen-bond acceptors (Lipinski definition) is 3. The van der Waals surface area contributed by atoms with E-state index in [-0.39, 0.29) is 5.82 Å². The smallest absolute Gasteiger partial charge is 0.144 e. The van der Waals surface area contributed by atoms with Crippen molar-refractivity contribution in [2.75, 3.05) is 0 Å². The van der Waals surface area contributed by atoms with Crippen LogP contribution in [0.15, 0.2) is 113 Å². The molecule has 4 heteroatoms. The second-order valence-electron chi connectivity index (χ2n) is 6.70. The quantitative estimate of drug-likeness (QED) is 0.304. The van der Waals surface area contributed by atoms with Gasteiger partial charge in [-0.3, -0.25) is 0 Å². The minimum absolute atomic E-state index is 0.352. The van der Waals surface area contributed by atoms with Gasteiger partial charge in [0.2, 0.25) is 0 Å². The zero-order valence-electron chi connectivity index (χ0n) is 16.3. The van der Waals surface area contributed by atoms with Crippen LogP contribution in [0.4, 0.5) is 4.39 Å². The average Bonchev–Trinajstić information content (AvgIpc) is 2.80. The molecule has 0 radical (unpaired) electrons. The normalized spacial score (nSPS) is 10.6. The van der Waals surface area contributed by atoms with Crippen LogP contribution in [0.5, 0.6) is 11.5 Å². The van der Waals surface area contributed by atoms with E-state index in [2.05, 4.69) is 0 Å². The summed E-state index contributed by atoms with van der Waals surface area (Å²) < 4.78 is 26.9. The van der Waals surface area contributed by atoms with Crippen molar-refractivity contribution in [2.24, 2.45) is 0 Å². The summed E-state index contributed by atoms with van der Waals surface area (Å²) in [4.78, 5) is 1.39. The van der Waals surface area contributed by atoms with Crippen molar-refractivity contribution < 1.29 is 13.9 Å². The fraction of sp³-hybridized carbons (Fsp3) is 0.0769. The number of rotatable bonds is 8. The van der Waals surface area contributed by atoms with Crippen molar-refractivity contribution in [2.45, 2.75) is 23.0 Å². The van der Waals surface area contributed by atoms with E-state index in [4.69, 9.17) is 9.47 Å². The summed E-state index contributed by atoms with van der Waals surface area (Å²) in [5.74, 6) is 0.546. The van der Waals surface area contributed by atoms with Gasteiger partial charge in [0.1, 0.15) is 30.5 Å². The maximum atomic E-state index is 15.1. The van der Waals surface area contributed by atoms with Crippen molar-refractivity contribution in [3.63, 3.8) is 0 Å². The van der Waals surface area contributed by atoms with Gasteiger partial charge < -0.3 is 9.47 Å². The molecule has 4 rings (SSSR count). The predicted molar refractivity (Wildman–Crippen MR) is 119 cm³/mol.